The van der Waals surface area contributed by atoms with E-state index in [0.29, 0.717) is 6.04 Å². The second-order valence-corrected chi connectivity index (χ2v) is 7.32. The highest BCUT2D eigenvalue weighted by Gasteiger charge is 2.20. The average molecular weight is 333 g/mol. The van der Waals surface area contributed by atoms with E-state index in [4.69, 9.17) is 11.6 Å². The predicted molar refractivity (Wildman–Crippen MR) is 93.1 cm³/mol. The molecule has 22 heavy (non-hydrogen) atoms. The molecule has 0 unspecified atom stereocenters. The summed E-state index contributed by atoms with van der Waals surface area (Å²) in [7, 11) is 0. The van der Waals surface area contributed by atoms with Gasteiger partial charge >= 0.3 is 0 Å². The summed E-state index contributed by atoms with van der Waals surface area (Å²) in [5, 5.41) is 5.39. The van der Waals surface area contributed by atoms with E-state index >= 15 is 0 Å². The van der Waals surface area contributed by atoms with Gasteiger partial charge in [-0.3, -0.25) is 0 Å². The molecule has 3 aromatic rings. The van der Waals surface area contributed by atoms with Crippen LogP contribution in [0.3, 0.4) is 0 Å². The molecular weight excluding hydrogens is 316 g/mol. The Morgan fingerprint density at radius 1 is 1.23 bits per heavy atom. The van der Waals surface area contributed by atoms with E-state index in [2.05, 4.69) is 20.3 Å². The van der Waals surface area contributed by atoms with Gasteiger partial charge in [-0.15, -0.1) is 11.3 Å². The minimum Gasteiger partial charge on any atom is -0.366 e. The Labute approximate surface area is 137 Å². The van der Waals surface area contributed by atoms with Gasteiger partial charge in [0.1, 0.15) is 17.0 Å². The topological polar surface area (TPSA) is 50.7 Å². The summed E-state index contributed by atoms with van der Waals surface area (Å²) in [6, 6.07) is 0.530. The summed E-state index contributed by atoms with van der Waals surface area (Å²) in [5.74, 6) is 0.938. The summed E-state index contributed by atoms with van der Waals surface area (Å²) in [4.78, 5) is 14.6. The van der Waals surface area contributed by atoms with Crippen molar-refractivity contribution in [3.8, 4) is 0 Å². The maximum atomic E-state index is 6.37. The van der Waals surface area contributed by atoms with Crippen molar-refractivity contribution in [3.63, 3.8) is 0 Å². The number of thiophene rings is 1. The fourth-order valence-electron chi connectivity index (χ4n) is 3.26. The minimum atomic E-state index is 0.530. The van der Waals surface area contributed by atoms with Crippen LogP contribution in [0.1, 0.15) is 36.9 Å². The van der Waals surface area contributed by atoms with Crippen molar-refractivity contribution in [2.24, 2.45) is 0 Å². The molecule has 0 saturated heterocycles. The second-order valence-electron chi connectivity index (χ2n) is 5.94. The van der Waals surface area contributed by atoms with E-state index in [9.17, 15) is 0 Å². The van der Waals surface area contributed by atoms with Crippen LogP contribution in [-0.2, 0) is 0 Å². The molecule has 1 aliphatic carbocycles. The molecule has 6 heteroatoms. The van der Waals surface area contributed by atoms with Gasteiger partial charge in [0.05, 0.1) is 20.9 Å². The van der Waals surface area contributed by atoms with Gasteiger partial charge in [-0.05, 0) is 32.3 Å². The number of nitrogens with one attached hydrogen (secondary N) is 1. The first-order valence-corrected chi connectivity index (χ1v) is 8.81. The van der Waals surface area contributed by atoms with Crippen LogP contribution in [0.2, 0.25) is 5.02 Å². The Bertz CT molecular complexity index is 868. The number of rotatable bonds is 2. The lowest BCUT2D eigenvalue weighted by molar-refractivity contribution is 0.752. The number of fused-ring (bicyclic) bond motifs is 3. The van der Waals surface area contributed by atoms with E-state index in [1.165, 1.54) is 25.7 Å². The molecule has 1 saturated carbocycles. The molecule has 4 rings (SSSR count). The van der Waals surface area contributed by atoms with Crippen LogP contribution in [0, 0.1) is 13.8 Å². The third kappa shape index (κ3) is 2.15. The summed E-state index contributed by atoms with van der Waals surface area (Å²) in [6.45, 7) is 3.99. The van der Waals surface area contributed by atoms with Crippen molar-refractivity contribution < 1.29 is 0 Å². The van der Waals surface area contributed by atoms with E-state index in [-0.39, 0.29) is 0 Å². The molecule has 0 radical (unpaired) electrons. The maximum Gasteiger partial charge on any atom is 0.147 e. The van der Waals surface area contributed by atoms with Crippen LogP contribution in [0.15, 0.2) is 6.33 Å². The highest BCUT2D eigenvalue weighted by molar-refractivity contribution is 7.26. The quantitative estimate of drug-likeness (QED) is 0.727. The van der Waals surface area contributed by atoms with Crippen LogP contribution < -0.4 is 5.32 Å². The Morgan fingerprint density at radius 2 is 2.00 bits per heavy atom. The molecule has 0 spiro atoms. The van der Waals surface area contributed by atoms with Crippen molar-refractivity contribution in [2.45, 2.75) is 45.6 Å². The number of pyridine rings is 1. The molecule has 1 N–H and O–H groups in total. The Balaban J connectivity index is 1.93. The van der Waals surface area contributed by atoms with Gasteiger partial charge in [-0.25, -0.2) is 15.0 Å². The van der Waals surface area contributed by atoms with E-state index in [1.807, 2.05) is 13.8 Å². The number of nitrogens with zero attached hydrogens (tertiary/aromatic N) is 3. The first-order chi connectivity index (χ1) is 10.6. The minimum absolute atomic E-state index is 0.530. The highest BCUT2D eigenvalue weighted by Crippen LogP contribution is 2.39. The number of anilines is 1. The lowest BCUT2D eigenvalue weighted by Gasteiger charge is -2.12. The number of hydrogen-bond donors (Lipinski definition) is 1. The molecule has 4 nitrogen and oxygen atoms in total. The van der Waals surface area contributed by atoms with Crippen LogP contribution >= 0.6 is 22.9 Å². The number of halogens is 1. The first-order valence-electron chi connectivity index (χ1n) is 7.61. The van der Waals surface area contributed by atoms with Crippen molar-refractivity contribution in [3.05, 3.63) is 22.6 Å². The highest BCUT2D eigenvalue weighted by atomic mass is 35.5. The second kappa shape index (κ2) is 5.32. The molecule has 3 heterocycles. The number of aryl methyl sites for hydroxylation is 2. The van der Waals surface area contributed by atoms with E-state index in [1.54, 1.807) is 17.7 Å². The Morgan fingerprint density at radius 3 is 2.77 bits per heavy atom. The maximum absolute atomic E-state index is 6.37. The number of aromatic nitrogens is 3. The molecule has 0 atom stereocenters. The standard InChI is InChI=1S/C16H17ClN4S/c1-8-11-13-14(22-16(11)20-9(2)12(8)17)15(19-7-18-13)21-10-5-3-4-6-10/h7,10H,3-6H2,1-2H3,(H,18,19,21). The molecule has 0 bridgehead atoms. The Kier molecular flexibility index (Phi) is 3.42. The fraction of sp³-hybridized carbons (Fsp3) is 0.438. The van der Waals surface area contributed by atoms with Gasteiger partial charge in [0, 0.05) is 11.4 Å². The summed E-state index contributed by atoms with van der Waals surface area (Å²) < 4.78 is 1.08. The summed E-state index contributed by atoms with van der Waals surface area (Å²) >= 11 is 8.03. The normalized spacial score (nSPS) is 16.0. The van der Waals surface area contributed by atoms with E-state index in [0.717, 1.165) is 42.5 Å². The molecule has 114 valence electrons. The summed E-state index contributed by atoms with van der Waals surface area (Å²) in [5.41, 5.74) is 2.89. The van der Waals surface area contributed by atoms with Crippen molar-refractivity contribution in [2.75, 3.05) is 5.32 Å². The van der Waals surface area contributed by atoms with Gasteiger partial charge in [0.2, 0.25) is 0 Å². The third-order valence-electron chi connectivity index (χ3n) is 4.44. The molecule has 1 aliphatic rings. The van der Waals surface area contributed by atoms with Gasteiger partial charge in [-0.2, -0.15) is 0 Å². The van der Waals surface area contributed by atoms with Crippen molar-refractivity contribution >= 4 is 49.2 Å². The van der Waals surface area contributed by atoms with Crippen molar-refractivity contribution in [1.82, 2.24) is 15.0 Å². The van der Waals surface area contributed by atoms with Crippen LogP contribution in [0.4, 0.5) is 5.82 Å². The first kappa shape index (κ1) is 14.2. The van der Waals surface area contributed by atoms with Crippen LogP contribution in [-0.4, -0.2) is 21.0 Å². The monoisotopic (exact) mass is 332 g/mol. The van der Waals surface area contributed by atoms with Crippen LogP contribution in [0.5, 0.6) is 0 Å². The molecule has 3 aromatic heterocycles. The van der Waals surface area contributed by atoms with Gasteiger partial charge in [0.15, 0.2) is 0 Å². The molecule has 0 aliphatic heterocycles. The lowest BCUT2D eigenvalue weighted by Crippen LogP contribution is -2.15. The fourth-order valence-corrected chi connectivity index (χ4v) is 4.59. The number of hydrogen-bond acceptors (Lipinski definition) is 5. The molecule has 0 aromatic carbocycles. The molecular formula is C16H17ClN4S. The summed E-state index contributed by atoms with van der Waals surface area (Å²) in [6.07, 6.45) is 6.68. The smallest absolute Gasteiger partial charge is 0.147 e. The van der Waals surface area contributed by atoms with E-state index < -0.39 is 0 Å². The predicted octanol–water partition coefficient (Wildman–Crippen LogP) is 4.86. The van der Waals surface area contributed by atoms with Gasteiger partial charge in [-0.1, -0.05) is 24.4 Å². The largest absolute Gasteiger partial charge is 0.366 e. The SMILES string of the molecule is Cc1nc2sc3c(NC4CCCC4)ncnc3c2c(C)c1Cl. The van der Waals surface area contributed by atoms with Crippen LogP contribution in [0.25, 0.3) is 20.4 Å². The molecule has 1 fully saturated rings. The zero-order valence-corrected chi connectivity index (χ0v) is 14.2. The average Bonchev–Trinajstić information content (AvgIpc) is 3.12. The molecule has 0 amide bonds. The lowest BCUT2D eigenvalue weighted by atomic mass is 10.1. The third-order valence-corrected chi connectivity index (χ3v) is 6.08. The van der Waals surface area contributed by atoms with Gasteiger partial charge < -0.3 is 5.32 Å². The zero-order chi connectivity index (χ0) is 15.3. The van der Waals surface area contributed by atoms with Crippen molar-refractivity contribution in [1.29, 1.82) is 0 Å². The zero-order valence-electron chi connectivity index (χ0n) is 12.6. The van der Waals surface area contributed by atoms with Gasteiger partial charge in [0.25, 0.3) is 0 Å². The Hall–Kier alpha value is -1.46.